The van der Waals surface area contributed by atoms with Gasteiger partial charge in [0, 0.05) is 17.8 Å². The van der Waals surface area contributed by atoms with Gasteiger partial charge in [0.2, 0.25) is 0 Å². The van der Waals surface area contributed by atoms with E-state index in [1.165, 1.54) is 5.69 Å². The van der Waals surface area contributed by atoms with Crippen molar-refractivity contribution in [3.05, 3.63) is 30.1 Å². The third-order valence-electron chi connectivity index (χ3n) is 3.35. The van der Waals surface area contributed by atoms with Gasteiger partial charge < -0.3 is 4.74 Å². The Morgan fingerprint density at radius 1 is 1.44 bits per heavy atom. The summed E-state index contributed by atoms with van der Waals surface area (Å²) in [6.45, 7) is 4.61. The minimum atomic E-state index is -0.117. The molecule has 98 valence electrons. The molecule has 0 unspecified atom stereocenters. The van der Waals surface area contributed by atoms with Gasteiger partial charge in [-0.05, 0) is 45.0 Å². The molecule has 2 heterocycles. The van der Waals surface area contributed by atoms with E-state index in [1.54, 1.807) is 0 Å². The zero-order valence-electron chi connectivity index (χ0n) is 10.8. The van der Waals surface area contributed by atoms with Gasteiger partial charge in [-0.2, -0.15) is 0 Å². The number of pyridine rings is 1. The summed E-state index contributed by atoms with van der Waals surface area (Å²) in [5, 5.41) is 0. The molecule has 0 saturated carbocycles. The van der Waals surface area contributed by atoms with E-state index in [-0.39, 0.29) is 5.97 Å². The van der Waals surface area contributed by atoms with Crippen LogP contribution in [-0.4, -0.2) is 42.1 Å². The number of ether oxygens (including phenoxy) is 1. The van der Waals surface area contributed by atoms with Crippen molar-refractivity contribution in [3.8, 4) is 0 Å². The number of rotatable bonds is 4. The monoisotopic (exact) mass is 248 g/mol. The molecule has 1 saturated heterocycles. The molecule has 0 radical (unpaired) electrons. The Bertz CT molecular complexity index is 373. The molecule has 0 aromatic carbocycles. The van der Waals surface area contributed by atoms with Crippen molar-refractivity contribution in [2.45, 2.75) is 25.7 Å². The van der Waals surface area contributed by atoms with E-state index < -0.39 is 0 Å². The molecule has 0 spiro atoms. The minimum Gasteiger partial charge on any atom is -0.465 e. The zero-order valence-corrected chi connectivity index (χ0v) is 10.8. The number of carbonyl (C=O) groups is 1. The van der Waals surface area contributed by atoms with Crippen molar-refractivity contribution in [2.75, 3.05) is 26.2 Å². The van der Waals surface area contributed by atoms with Gasteiger partial charge in [-0.3, -0.25) is 14.7 Å². The molecule has 0 N–H and O–H groups in total. The van der Waals surface area contributed by atoms with E-state index >= 15 is 0 Å². The molecule has 1 fully saturated rings. The Hall–Kier alpha value is -1.42. The topological polar surface area (TPSA) is 42.4 Å². The van der Waals surface area contributed by atoms with Gasteiger partial charge in [-0.1, -0.05) is 6.07 Å². The second-order valence-corrected chi connectivity index (χ2v) is 4.61. The number of hydrogen-bond donors (Lipinski definition) is 0. The summed E-state index contributed by atoms with van der Waals surface area (Å²) in [5.74, 6) is 0.415. The van der Waals surface area contributed by atoms with Gasteiger partial charge in [0.05, 0.1) is 13.2 Å². The number of hydrogen-bond acceptors (Lipinski definition) is 4. The third kappa shape index (κ3) is 3.53. The van der Waals surface area contributed by atoms with Gasteiger partial charge in [0.15, 0.2) is 0 Å². The molecular weight excluding hydrogens is 228 g/mol. The Balaban J connectivity index is 1.80. The van der Waals surface area contributed by atoms with Crippen molar-refractivity contribution in [1.82, 2.24) is 9.88 Å². The van der Waals surface area contributed by atoms with Crippen LogP contribution >= 0.6 is 0 Å². The molecule has 4 heteroatoms. The molecule has 2 rings (SSSR count). The highest BCUT2D eigenvalue weighted by Gasteiger charge is 2.22. The van der Waals surface area contributed by atoms with E-state index in [0.717, 1.165) is 25.9 Å². The van der Waals surface area contributed by atoms with Gasteiger partial charge in [0.1, 0.15) is 0 Å². The van der Waals surface area contributed by atoms with Crippen LogP contribution in [0.25, 0.3) is 0 Å². The lowest BCUT2D eigenvalue weighted by atomic mass is 9.93. The highest BCUT2D eigenvalue weighted by atomic mass is 16.5. The van der Waals surface area contributed by atoms with Crippen LogP contribution in [0.2, 0.25) is 0 Å². The van der Waals surface area contributed by atoms with Crippen LogP contribution in [0.3, 0.4) is 0 Å². The molecule has 1 aromatic rings. The molecule has 18 heavy (non-hydrogen) atoms. The van der Waals surface area contributed by atoms with Crippen LogP contribution in [0.15, 0.2) is 24.4 Å². The van der Waals surface area contributed by atoms with Crippen molar-refractivity contribution in [3.63, 3.8) is 0 Å². The molecule has 1 aliphatic rings. The van der Waals surface area contributed by atoms with Crippen molar-refractivity contribution in [1.29, 1.82) is 0 Å². The molecule has 0 atom stereocenters. The van der Waals surface area contributed by atoms with Crippen LogP contribution in [0.1, 0.15) is 31.4 Å². The molecule has 0 bridgehead atoms. The summed E-state index contributed by atoms with van der Waals surface area (Å²) in [4.78, 5) is 18.0. The number of carbonyl (C=O) groups excluding carboxylic acids is 1. The van der Waals surface area contributed by atoms with Crippen molar-refractivity contribution < 1.29 is 9.53 Å². The lowest BCUT2D eigenvalue weighted by Crippen LogP contribution is -2.37. The maximum absolute atomic E-state index is 11.4. The van der Waals surface area contributed by atoms with Crippen LogP contribution in [-0.2, 0) is 9.53 Å². The molecule has 1 aliphatic heterocycles. The second kappa shape index (κ2) is 6.50. The Morgan fingerprint density at radius 3 is 2.83 bits per heavy atom. The quantitative estimate of drug-likeness (QED) is 0.762. The predicted octanol–water partition coefficient (Wildman–Crippen LogP) is 1.82. The first-order chi connectivity index (χ1) is 8.79. The highest BCUT2D eigenvalue weighted by molar-refractivity contribution is 5.71. The summed E-state index contributed by atoms with van der Waals surface area (Å²) < 4.78 is 4.96. The van der Waals surface area contributed by atoms with Gasteiger partial charge in [-0.25, -0.2) is 0 Å². The van der Waals surface area contributed by atoms with Crippen LogP contribution in [0.5, 0.6) is 0 Å². The van der Waals surface area contributed by atoms with E-state index in [2.05, 4.69) is 16.0 Å². The van der Waals surface area contributed by atoms with Gasteiger partial charge in [0.25, 0.3) is 0 Å². The third-order valence-corrected chi connectivity index (χ3v) is 3.35. The van der Waals surface area contributed by atoms with E-state index in [1.807, 2.05) is 25.3 Å². The first-order valence-corrected chi connectivity index (χ1v) is 6.58. The fourth-order valence-corrected chi connectivity index (χ4v) is 2.39. The maximum Gasteiger partial charge on any atom is 0.320 e. The number of esters is 1. The molecule has 0 aliphatic carbocycles. The Morgan fingerprint density at radius 2 is 2.22 bits per heavy atom. The second-order valence-electron chi connectivity index (χ2n) is 4.61. The smallest absolute Gasteiger partial charge is 0.320 e. The summed E-state index contributed by atoms with van der Waals surface area (Å²) in [6.07, 6.45) is 3.98. The van der Waals surface area contributed by atoms with Crippen LogP contribution in [0, 0.1) is 0 Å². The first-order valence-electron chi connectivity index (χ1n) is 6.58. The Kier molecular flexibility index (Phi) is 4.70. The number of nitrogens with zero attached hydrogens (tertiary/aromatic N) is 2. The number of likely N-dealkylation sites (tertiary alicyclic amines) is 1. The van der Waals surface area contributed by atoms with E-state index in [9.17, 15) is 4.79 Å². The summed E-state index contributed by atoms with van der Waals surface area (Å²) in [5.41, 5.74) is 1.17. The fraction of sp³-hybridized carbons (Fsp3) is 0.571. The summed E-state index contributed by atoms with van der Waals surface area (Å²) in [7, 11) is 0. The average molecular weight is 248 g/mol. The largest absolute Gasteiger partial charge is 0.465 e. The summed E-state index contributed by atoms with van der Waals surface area (Å²) >= 11 is 0. The van der Waals surface area contributed by atoms with Gasteiger partial charge >= 0.3 is 5.97 Å². The number of aromatic nitrogens is 1. The highest BCUT2D eigenvalue weighted by Crippen LogP contribution is 2.25. The standard InChI is InChI=1S/C14H20N2O2/c1-2-18-14(17)11-16-9-6-12(7-10-16)13-5-3-4-8-15-13/h3-5,8,12H,2,6-7,9-11H2,1H3. The normalized spacial score (nSPS) is 17.6. The lowest BCUT2D eigenvalue weighted by molar-refractivity contribution is -0.144. The Labute approximate surface area is 108 Å². The van der Waals surface area contributed by atoms with Crippen LogP contribution in [0.4, 0.5) is 0 Å². The fourth-order valence-electron chi connectivity index (χ4n) is 2.39. The lowest BCUT2D eigenvalue weighted by Gasteiger charge is -2.30. The van der Waals surface area contributed by atoms with Crippen LogP contribution < -0.4 is 0 Å². The first kappa shape index (κ1) is 13.0. The molecule has 4 nitrogen and oxygen atoms in total. The number of piperidine rings is 1. The summed E-state index contributed by atoms with van der Waals surface area (Å²) in [6, 6.07) is 6.07. The molecule has 0 amide bonds. The predicted molar refractivity (Wildman–Crippen MR) is 69.3 cm³/mol. The van der Waals surface area contributed by atoms with E-state index in [4.69, 9.17) is 4.74 Å². The van der Waals surface area contributed by atoms with Gasteiger partial charge in [-0.15, -0.1) is 0 Å². The maximum atomic E-state index is 11.4. The SMILES string of the molecule is CCOC(=O)CN1CCC(c2ccccn2)CC1. The van der Waals surface area contributed by atoms with Crippen molar-refractivity contribution >= 4 is 5.97 Å². The van der Waals surface area contributed by atoms with E-state index in [0.29, 0.717) is 19.1 Å². The minimum absolute atomic E-state index is 0.117. The molecular formula is C14H20N2O2. The van der Waals surface area contributed by atoms with Crippen molar-refractivity contribution in [2.24, 2.45) is 0 Å². The molecule has 1 aromatic heterocycles. The zero-order chi connectivity index (χ0) is 12.8. The average Bonchev–Trinajstić information content (AvgIpc) is 2.41.